The molecule has 0 saturated heterocycles. The zero-order chi connectivity index (χ0) is 26.6. The second-order valence-electron chi connectivity index (χ2n) is 11.1. The first-order valence-corrected chi connectivity index (χ1v) is 13.2. The topological polar surface area (TPSA) is 109 Å². The Labute approximate surface area is 213 Å². The number of hydrogen-bond acceptors (Lipinski definition) is 8. The van der Waals surface area contributed by atoms with Crippen LogP contribution in [0, 0.1) is 24.2 Å². The lowest BCUT2D eigenvalue weighted by molar-refractivity contribution is -0.160. The lowest BCUT2D eigenvalue weighted by Crippen LogP contribution is -2.48. The summed E-state index contributed by atoms with van der Waals surface area (Å²) in [5, 5.41) is 35.6. The van der Waals surface area contributed by atoms with Crippen molar-refractivity contribution in [2.24, 2.45) is 17.3 Å². The average molecular weight is 510 g/mol. The fraction of sp³-hybridized carbons (Fsp3) is 0.704. The first-order chi connectivity index (χ1) is 16.1. The Hall–Kier alpha value is -1.58. The molecule has 1 aliphatic heterocycles. The van der Waals surface area contributed by atoms with Gasteiger partial charge in [-0.05, 0) is 45.8 Å². The van der Waals surface area contributed by atoms with E-state index < -0.39 is 47.3 Å². The van der Waals surface area contributed by atoms with Crippen molar-refractivity contribution in [1.29, 1.82) is 0 Å². The predicted molar refractivity (Wildman–Crippen MR) is 139 cm³/mol. The van der Waals surface area contributed by atoms with E-state index in [0.29, 0.717) is 6.42 Å². The Morgan fingerprint density at radius 3 is 2.46 bits per heavy atom. The maximum Gasteiger partial charge on any atom is 0.309 e. The van der Waals surface area contributed by atoms with Crippen LogP contribution >= 0.6 is 11.3 Å². The Balaban J connectivity index is 2.36. The van der Waals surface area contributed by atoms with Crippen LogP contribution in [-0.4, -0.2) is 62.9 Å². The van der Waals surface area contributed by atoms with Gasteiger partial charge in [-0.1, -0.05) is 39.8 Å². The van der Waals surface area contributed by atoms with Crippen LogP contribution < -0.4 is 0 Å². The summed E-state index contributed by atoms with van der Waals surface area (Å²) in [5.74, 6) is -1.31. The SMILES string of the molecule is C/C(=C\c1csc(C)n1)C1COC(C)(C)C/C=C/C(C)C(O)[C@@H](C)C(O)C(C)(C)[C@@H](O)CC(=O)O1. The molecule has 8 heteroatoms. The molecular formula is C27H43NO6S. The second kappa shape index (κ2) is 12.1. The van der Waals surface area contributed by atoms with Crippen molar-refractivity contribution >= 4 is 23.4 Å². The summed E-state index contributed by atoms with van der Waals surface area (Å²) in [5.41, 5.74) is 0.000645. The van der Waals surface area contributed by atoms with E-state index in [0.717, 1.165) is 16.3 Å². The molecule has 1 aliphatic rings. The number of carbonyl (C=O) groups excluding carboxylic acids is 1. The van der Waals surface area contributed by atoms with Crippen molar-refractivity contribution in [3.63, 3.8) is 0 Å². The highest BCUT2D eigenvalue weighted by Gasteiger charge is 2.42. The van der Waals surface area contributed by atoms with E-state index in [2.05, 4.69) is 4.98 Å². The number of rotatable bonds is 2. The zero-order valence-corrected chi connectivity index (χ0v) is 23.1. The molecule has 0 spiro atoms. The van der Waals surface area contributed by atoms with Gasteiger partial charge in [-0.3, -0.25) is 4.79 Å². The largest absolute Gasteiger partial charge is 0.455 e. The van der Waals surface area contributed by atoms with E-state index in [-0.39, 0.29) is 18.9 Å². The van der Waals surface area contributed by atoms with Gasteiger partial charge in [0, 0.05) is 22.6 Å². The van der Waals surface area contributed by atoms with Crippen LogP contribution in [-0.2, 0) is 14.3 Å². The van der Waals surface area contributed by atoms with Crippen LogP contribution in [0.5, 0.6) is 0 Å². The number of aliphatic hydroxyl groups is 3. The van der Waals surface area contributed by atoms with Gasteiger partial charge >= 0.3 is 5.97 Å². The van der Waals surface area contributed by atoms with E-state index in [4.69, 9.17) is 9.47 Å². The highest BCUT2D eigenvalue weighted by atomic mass is 32.1. The van der Waals surface area contributed by atoms with Crippen molar-refractivity contribution in [2.45, 2.75) is 98.2 Å². The molecule has 1 aromatic heterocycles. The average Bonchev–Trinajstić information content (AvgIpc) is 3.18. The molecule has 7 nitrogen and oxygen atoms in total. The standard InChI is InChI=1S/C27H43NO6S/c1-16-10-9-11-26(5,6)33-14-21(17(2)12-20-15-35-19(4)28-20)34-23(30)13-22(29)27(7,8)25(32)18(3)24(16)31/h9-10,12,15-16,18,21-22,24-25,29,31-32H,11,13-14H2,1-8H3/b10-9+,17-12+/t16?,18-,21?,22+,24?,25?/m1/s1. The summed E-state index contributed by atoms with van der Waals surface area (Å²) >= 11 is 1.54. The highest BCUT2D eigenvalue weighted by Crippen LogP contribution is 2.35. The molecule has 3 N–H and O–H groups in total. The van der Waals surface area contributed by atoms with Gasteiger partial charge in [0.25, 0.3) is 0 Å². The van der Waals surface area contributed by atoms with Gasteiger partial charge in [-0.25, -0.2) is 4.98 Å². The third kappa shape index (κ3) is 8.22. The second-order valence-corrected chi connectivity index (χ2v) is 12.1. The number of esters is 1. The predicted octanol–water partition coefficient (Wildman–Crippen LogP) is 4.29. The third-order valence-electron chi connectivity index (χ3n) is 7.02. The van der Waals surface area contributed by atoms with Crippen LogP contribution in [0.3, 0.4) is 0 Å². The molecule has 2 rings (SSSR count). The van der Waals surface area contributed by atoms with Crippen LogP contribution in [0.2, 0.25) is 0 Å². The number of hydrogen-bond donors (Lipinski definition) is 3. The van der Waals surface area contributed by atoms with Crippen molar-refractivity contribution in [3.8, 4) is 0 Å². The minimum absolute atomic E-state index is 0.148. The van der Waals surface area contributed by atoms with E-state index in [1.54, 1.807) is 32.1 Å². The maximum absolute atomic E-state index is 12.9. The number of carbonyl (C=O) groups is 1. The van der Waals surface area contributed by atoms with Crippen LogP contribution in [0.1, 0.15) is 72.0 Å². The Morgan fingerprint density at radius 2 is 1.86 bits per heavy atom. The van der Waals surface area contributed by atoms with E-state index in [9.17, 15) is 20.1 Å². The van der Waals surface area contributed by atoms with Crippen LogP contribution in [0.4, 0.5) is 0 Å². The summed E-state index contributed by atoms with van der Waals surface area (Å²) in [7, 11) is 0. The lowest BCUT2D eigenvalue weighted by Gasteiger charge is -2.40. The molecule has 1 aromatic rings. The van der Waals surface area contributed by atoms with Gasteiger partial charge < -0.3 is 24.8 Å². The number of aromatic nitrogens is 1. The molecule has 2 heterocycles. The number of aliphatic hydroxyl groups excluding tert-OH is 3. The Bertz CT molecular complexity index is 905. The Kier molecular flexibility index (Phi) is 10.3. The van der Waals surface area contributed by atoms with Gasteiger partial charge in [0.2, 0.25) is 0 Å². The fourth-order valence-corrected chi connectivity index (χ4v) is 4.81. The van der Waals surface area contributed by atoms with Gasteiger partial charge in [-0.2, -0.15) is 0 Å². The third-order valence-corrected chi connectivity index (χ3v) is 7.82. The molecule has 0 aromatic carbocycles. The molecule has 0 amide bonds. The van der Waals surface area contributed by atoms with Crippen LogP contribution in [0.15, 0.2) is 23.1 Å². The summed E-state index contributed by atoms with van der Waals surface area (Å²) in [6.07, 6.45) is 2.43. The molecule has 198 valence electrons. The van der Waals surface area contributed by atoms with Crippen molar-refractivity contribution in [2.75, 3.05) is 6.61 Å². The summed E-state index contributed by atoms with van der Waals surface area (Å²) in [4.78, 5) is 17.4. The summed E-state index contributed by atoms with van der Waals surface area (Å²) in [6.45, 7) is 14.9. The molecular weight excluding hydrogens is 466 g/mol. The van der Waals surface area contributed by atoms with Gasteiger partial charge in [0.1, 0.15) is 6.10 Å². The first kappa shape index (κ1) is 29.6. The number of aryl methyl sites for hydroxylation is 1. The summed E-state index contributed by atoms with van der Waals surface area (Å²) < 4.78 is 12.0. The van der Waals surface area contributed by atoms with Crippen molar-refractivity contribution in [1.82, 2.24) is 4.98 Å². The maximum atomic E-state index is 12.9. The van der Waals surface area contributed by atoms with E-state index in [1.165, 1.54) is 0 Å². The molecule has 35 heavy (non-hydrogen) atoms. The fourth-order valence-electron chi connectivity index (χ4n) is 4.24. The van der Waals surface area contributed by atoms with Crippen LogP contribution in [0.25, 0.3) is 6.08 Å². The van der Waals surface area contributed by atoms with Gasteiger partial charge in [0.15, 0.2) is 0 Å². The molecule has 0 fully saturated rings. The molecule has 6 atom stereocenters. The normalized spacial score (nSPS) is 34.3. The van der Waals surface area contributed by atoms with E-state index >= 15 is 0 Å². The number of nitrogens with zero attached hydrogens (tertiary/aromatic N) is 1. The van der Waals surface area contributed by atoms with Crippen molar-refractivity contribution < 1.29 is 29.6 Å². The molecule has 0 bridgehead atoms. The molecule has 0 aliphatic carbocycles. The number of cyclic esters (lactones) is 1. The highest BCUT2D eigenvalue weighted by molar-refractivity contribution is 7.09. The number of thiazole rings is 1. The monoisotopic (exact) mass is 509 g/mol. The first-order valence-electron chi connectivity index (χ1n) is 12.3. The zero-order valence-electron chi connectivity index (χ0n) is 22.3. The smallest absolute Gasteiger partial charge is 0.309 e. The van der Waals surface area contributed by atoms with Gasteiger partial charge in [-0.15, -0.1) is 11.3 Å². The quantitative estimate of drug-likeness (QED) is 0.403. The van der Waals surface area contributed by atoms with Crippen molar-refractivity contribution in [3.05, 3.63) is 33.8 Å². The minimum atomic E-state index is -1.16. The molecule has 4 unspecified atom stereocenters. The lowest BCUT2D eigenvalue weighted by atomic mass is 9.72. The summed E-state index contributed by atoms with van der Waals surface area (Å²) in [6, 6.07) is 0. The molecule has 0 radical (unpaired) electrons. The minimum Gasteiger partial charge on any atom is -0.455 e. The Morgan fingerprint density at radius 1 is 1.20 bits per heavy atom. The molecule has 0 saturated carbocycles. The van der Waals surface area contributed by atoms with Gasteiger partial charge in [0.05, 0.1) is 47.6 Å². The number of ether oxygens (including phenoxy) is 2. The van der Waals surface area contributed by atoms with E-state index in [1.807, 2.05) is 58.2 Å².